The third kappa shape index (κ3) is 9.10. The molecule has 0 aromatic heterocycles. The first-order valence-electron chi connectivity index (χ1n) is 0.408. The van der Waals surface area contributed by atoms with Gasteiger partial charge in [-0.25, -0.2) is 0 Å². The van der Waals surface area contributed by atoms with E-state index < -0.39 is 19.1 Å². The molecule has 0 unspecified atom stereocenters. The molecule has 0 bridgehead atoms. The monoisotopic (exact) mass is 220 g/mol. The Hall–Kier alpha value is 1.89. The molecule has 4 heteroatoms. The fraction of sp³-hybridized carbons (Fsp3) is 0. The van der Waals surface area contributed by atoms with Gasteiger partial charge in [0.2, 0.25) is 0 Å². The zero-order chi connectivity index (χ0) is 2.71. The number of hydrogen-bond donors (Lipinski definition) is 0. The van der Waals surface area contributed by atoms with Crippen molar-refractivity contribution in [2.45, 2.75) is 0 Å². The molecule has 0 atom stereocenters. The summed E-state index contributed by atoms with van der Waals surface area (Å²) >= 11 is -2.00. The SMILES string of the molecule is [Ba+2].[H-].[H-].[O]=[Ti]=[O]. The summed E-state index contributed by atoms with van der Waals surface area (Å²) in [7, 11) is 0. The number of rotatable bonds is 0. The third-order valence-corrected chi connectivity index (χ3v) is 0. The third-order valence-electron chi connectivity index (χ3n) is 0. The van der Waals surface area contributed by atoms with Crippen LogP contribution >= 0.6 is 0 Å². The van der Waals surface area contributed by atoms with Gasteiger partial charge in [0, 0.05) is 0 Å². The Morgan fingerprint density at radius 2 is 1.50 bits per heavy atom. The average molecular weight is 219 g/mol. The first-order valence-corrected chi connectivity index (χ1v) is 1.68. The van der Waals surface area contributed by atoms with Crippen LogP contribution in [0, 0.1) is 0 Å². The van der Waals surface area contributed by atoms with E-state index in [2.05, 4.69) is 0 Å². The van der Waals surface area contributed by atoms with E-state index in [0.29, 0.717) is 0 Å². The second-order valence-corrected chi connectivity index (χ2v) is 0.344. The van der Waals surface area contributed by atoms with Crippen LogP contribution in [0.1, 0.15) is 2.85 Å². The predicted molar refractivity (Wildman–Crippen MR) is 9.35 cm³/mol. The van der Waals surface area contributed by atoms with Crippen molar-refractivity contribution in [3.05, 3.63) is 0 Å². The summed E-state index contributed by atoms with van der Waals surface area (Å²) in [5, 5.41) is 0. The Kier molecular flexibility index (Phi) is 20.6. The minimum atomic E-state index is -2.00. The standard InChI is InChI=1S/Ba.2O.Ti.2H/q+2;;;;2*-1. The van der Waals surface area contributed by atoms with Crippen molar-refractivity contribution >= 4 is 48.9 Å². The van der Waals surface area contributed by atoms with Crippen LogP contribution < -0.4 is 0 Å². The van der Waals surface area contributed by atoms with Crippen LogP contribution in [-0.4, -0.2) is 48.9 Å². The molecule has 0 fully saturated rings. The van der Waals surface area contributed by atoms with Crippen LogP contribution in [0.15, 0.2) is 0 Å². The van der Waals surface area contributed by atoms with Crippen molar-refractivity contribution in [1.82, 2.24) is 0 Å². The van der Waals surface area contributed by atoms with Gasteiger partial charge in [0.25, 0.3) is 0 Å². The maximum absolute atomic E-state index is 8.50. The van der Waals surface area contributed by atoms with Gasteiger partial charge in [-0.1, -0.05) is 0 Å². The van der Waals surface area contributed by atoms with Gasteiger partial charge in [-0.05, 0) is 0 Å². The van der Waals surface area contributed by atoms with E-state index in [4.69, 9.17) is 6.65 Å². The Morgan fingerprint density at radius 1 is 1.50 bits per heavy atom. The molecule has 0 aliphatic rings. The zero-order valence-corrected chi connectivity index (χ0v) is 8.03. The zero-order valence-electron chi connectivity index (χ0n) is 4.02. The molecule has 4 heavy (non-hydrogen) atoms. The van der Waals surface area contributed by atoms with Gasteiger partial charge in [-0.15, -0.1) is 0 Å². The van der Waals surface area contributed by atoms with E-state index in [1.54, 1.807) is 0 Å². The summed E-state index contributed by atoms with van der Waals surface area (Å²) in [5.74, 6) is 0. The van der Waals surface area contributed by atoms with Crippen LogP contribution in [0.3, 0.4) is 0 Å². The summed E-state index contributed by atoms with van der Waals surface area (Å²) in [5.41, 5.74) is 0. The first kappa shape index (κ1) is 9.30. The normalized spacial score (nSPS) is 2.00. The quantitative estimate of drug-likeness (QED) is 0.520. The van der Waals surface area contributed by atoms with Crippen LogP contribution in [0.2, 0.25) is 0 Å². The summed E-state index contributed by atoms with van der Waals surface area (Å²) in [6.07, 6.45) is 0. The Balaban J connectivity index is -0.00000000667. The van der Waals surface area contributed by atoms with Crippen LogP contribution in [0.4, 0.5) is 0 Å². The first-order chi connectivity index (χ1) is 1.41. The molecule has 0 aliphatic carbocycles. The van der Waals surface area contributed by atoms with Crippen molar-refractivity contribution in [3.63, 3.8) is 0 Å². The summed E-state index contributed by atoms with van der Waals surface area (Å²) in [4.78, 5) is 0. The molecule has 0 rings (SSSR count). The molecule has 0 spiro atoms. The van der Waals surface area contributed by atoms with Crippen molar-refractivity contribution in [2.75, 3.05) is 0 Å². The van der Waals surface area contributed by atoms with E-state index in [1.165, 1.54) is 0 Å². The van der Waals surface area contributed by atoms with Crippen LogP contribution in [0.25, 0.3) is 0 Å². The van der Waals surface area contributed by atoms with Crippen molar-refractivity contribution in [3.8, 4) is 0 Å². The van der Waals surface area contributed by atoms with Gasteiger partial charge < -0.3 is 2.85 Å². The molecule has 20 valence electrons. The van der Waals surface area contributed by atoms with E-state index >= 15 is 0 Å². The molecule has 2 nitrogen and oxygen atoms in total. The molecule has 0 aromatic carbocycles. The molecule has 0 heterocycles. The van der Waals surface area contributed by atoms with Gasteiger partial charge in [-0.3, -0.25) is 0 Å². The van der Waals surface area contributed by atoms with Gasteiger partial charge in [0.15, 0.2) is 0 Å². The van der Waals surface area contributed by atoms with E-state index in [-0.39, 0.29) is 51.7 Å². The van der Waals surface area contributed by atoms with Gasteiger partial charge in [0.05, 0.1) is 0 Å². The fourth-order valence-electron chi connectivity index (χ4n) is 0. The molecule has 0 N–H and O–H groups in total. The molecule has 0 aromatic rings. The van der Waals surface area contributed by atoms with E-state index in [1.807, 2.05) is 0 Å². The molecule has 0 radical (unpaired) electrons. The van der Waals surface area contributed by atoms with Gasteiger partial charge >= 0.3 is 74.6 Å². The molecular weight excluding hydrogens is 217 g/mol. The van der Waals surface area contributed by atoms with E-state index in [9.17, 15) is 0 Å². The summed E-state index contributed by atoms with van der Waals surface area (Å²) in [6.45, 7) is 0. The second kappa shape index (κ2) is 8.86. The topological polar surface area (TPSA) is 34.1 Å². The molecule has 0 saturated heterocycles. The Labute approximate surface area is 76.0 Å². The predicted octanol–water partition coefficient (Wildman–Crippen LogP) is -0.396. The summed E-state index contributed by atoms with van der Waals surface area (Å²) in [6, 6.07) is 0. The fourth-order valence-corrected chi connectivity index (χ4v) is 0. The molecule has 0 aliphatic heterocycles. The number of hydrogen-bond acceptors (Lipinski definition) is 2. The maximum atomic E-state index is 8.50. The Morgan fingerprint density at radius 3 is 1.50 bits per heavy atom. The molecule has 0 amide bonds. The van der Waals surface area contributed by atoms with Crippen molar-refractivity contribution < 1.29 is 28.6 Å². The molecular formula is H2BaO2Ti. The Bertz CT molecular complexity index is 32.5. The van der Waals surface area contributed by atoms with E-state index in [0.717, 1.165) is 0 Å². The van der Waals surface area contributed by atoms with Gasteiger partial charge in [0.1, 0.15) is 0 Å². The second-order valence-electron chi connectivity index (χ2n) is 0.0833. The average Bonchev–Trinajstić information content (AvgIpc) is 0.918. The minimum absolute atomic E-state index is 0. The molecule has 0 saturated carbocycles. The summed E-state index contributed by atoms with van der Waals surface area (Å²) < 4.78 is 17.0. The van der Waals surface area contributed by atoms with Crippen molar-refractivity contribution in [1.29, 1.82) is 0 Å². The van der Waals surface area contributed by atoms with Crippen LogP contribution in [0.5, 0.6) is 0 Å². The van der Waals surface area contributed by atoms with Gasteiger partial charge in [-0.2, -0.15) is 0 Å². The van der Waals surface area contributed by atoms with Crippen molar-refractivity contribution in [2.24, 2.45) is 0 Å². The van der Waals surface area contributed by atoms with Crippen LogP contribution in [-0.2, 0) is 25.7 Å².